The highest BCUT2D eigenvalue weighted by atomic mass is 35.5. The first-order valence-electron chi connectivity index (χ1n) is 12.2. The van der Waals surface area contributed by atoms with Crippen molar-refractivity contribution in [1.82, 2.24) is 30.0 Å². The molecule has 10 nitrogen and oxygen atoms in total. The number of halogens is 1. The Labute approximate surface area is 211 Å². The molecule has 1 saturated heterocycles. The topological polar surface area (TPSA) is 110 Å². The number of piperazine rings is 1. The van der Waals surface area contributed by atoms with Crippen LogP contribution in [0.1, 0.15) is 59.7 Å². The fourth-order valence-electron chi connectivity index (χ4n) is 5.33. The van der Waals surface area contributed by atoms with Crippen LogP contribution in [0, 0.1) is 0 Å². The van der Waals surface area contributed by atoms with E-state index in [0.717, 1.165) is 25.7 Å². The third-order valence-electron chi connectivity index (χ3n) is 7.19. The van der Waals surface area contributed by atoms with Crippen LogP contribution in [-0.4, -0.2) is 62.1 Å². The number of hydrogen-bond acceptors (Lipinski definition) is 8. The molecule has 4 aromatic rings. The summed E-state index contributed by atoms with van der Waals surface area (Å²) < 4.78 is 13.0. The van der Waals surface area contributed by atoms with Gasteiger partial charge in [-0.3, -0.25) is 14.5 Å². The van der Waals surface area contributed by atoms with Crippen molar-refractivity contribution in [3.05, 3.63) is 75.3 Å². The fourth-order valence-corrected chi connectivity index (χ4v) is 5.51. The Morgan fingerprint density at radius 3 is 2.64 bits per heavy atom. The standard InChI is InChI=1S/C25H25ClN6O4/c26-16-7-8-20-18(14-16)23(33)19(15-36-20)22(24-27-28-29-32(24)17-4-1-2-5-17)30-9-11-31(12-10-30)25(34)21-6-3-13-35-21/h3,6-8,13-15,17,22H,1-2,4-5,9-12H2/t22-/m1/s1. The molecular formula is C25H25ClN6O4. The second-order valence-electron chi connectivity index (χ2n) is 9.29. The molecule has 6 rings (SSSR count). The summed E-state index contributed by atoms with van der Waals surface area (Å²) >= 11 is 6.20. The molecule has 1 amide bonds. The molecule has 2 fully saturated rings. The molecule has 1 aliphatic carbocycles. The molecule has 2 aliphatic rings. The molecule has 11 heteroatoms. The van der Waals surface area contributed by atoms with Crippen molar-refractivity contribution in [3.8, 4) is 0 Å². The lowest BCUT2D eigenvalue weighted by atomic mass is 10.0. The van der Waals surface area contributed by atoms with Crippen molar-refractivity contribution >= 4 is 28.5 Å². The molecule has 0 N–H and O–H groups in total. The molecular weight excluding hydrogens is 484 g/mol. The van der Waals surface area contributed by atoms with E-state index in [2.05, 4.69) is 20.4 Å². The summed E-state index contributed by atoms with van der Waals surface area (Å²) in [5.74, 6) is 0.783. The van der Waals surface area contributed by atoms with E-state index in [1.807, 2.05) is 4.68 Å². The van der Waals surface area contributed by atoms with Crippen LogP contribution < -0.4 is 5.43 Å². The number of nitrogens with zero attached hydrogens (tertiary/aromatic N) is 6. The maximum Gasteiger partial charge on any atom is 0.289 e. The van der Waals surface area contributed by atoms with Crippen LogP contribution in [0.2, 0.25) is 5.02 Å². The lowest BCUT2D eigenvalue weighted by Gasteiger charge is -2.38. The monoisotopic (exact) mass is 508 g/mol. The third kappa shape index (κ3) is 4.10. The lowest BCUT2D eigenvalue weighted by molar-refractivity contribution is 0.0556. The number of carbonyl (C=O) groups is 1. The summed E-state index contributed by atoms with van der Waals surface area (Å²) in [4.78, 5) is 30.4. The second-order valence-corrected chi connectivity index (χ2v) is 9.73. The Balaban J connectivity index is 1.38. The predicted octanol–water partition coefficient (Wildman–Crippen LogP) is 3.69. The molecule has 1 aliphatic heterocycles. The number of carbonyl (C=O) groups excluding carboxylic acids is 1. The summed E-state index contributed by atoms with van der Waals surface area (Å²) in [5.41, 5.74) is 0.750. The van der Waals surface area contributed by atoms with Gasteiger partial charge in [-0.1, -0.05) is 24.4 Å². The summed E-state index contributed by atoms with van der Waals surface area (Å²) in [6.45, 7) is 2.01. The fraction of sp³-hybridized carbons (Fsp3) is 0.400. The highest BCUT2D eigenvalue weighted by Gasteiger charge is 2.36. The Kier molecular flexibility index (Phi) is 6.06. The van der Waals surface area contributed by atoms with Gasteiger partial charge in [0.15, 0.2) is 17.0 Å². The molecule has 186 valence electrons. The van der Waals surface area contributed by atoms with E-state index < -0.39 is 6.04 Å². The number of aromatic nitrogens is 4. The summed E-state index contributed by atoms with van der Waals surface area (Å²) in [5, 5.41) is 13.6. The van der Waals surface area contributed by atoms with Gasteiger partial charge in [0.25, 0.3) is 5.91 Å². The van der Waals surface area contributed by atoms with Crippen molar-refractivity contribution in [2.45, 2.75) is 37.8 Å². The molecule has 0 radical (unpaired) electrons. The van der Waals surface area contributed by atoms with E-state index in [1.54, 1.807) is 35.2 Å². The maximum absolute atomic E-state index is 13.7. The van der Waals surface area contributed by atoms with Gasteiger partial charge in [0.1, 0.15) is 17.9 Å². The Morgan fingerprint density at radius 2 is 1.89 bits per heavy atom. The number of rotatable bonds is 5. The number of fused-ring (bicyclic) bond motifs is 1. The van der Waals surface area contributed by atoms with Crippen LogP contribution in [-0.2, 0) is 0 Å². The molecule has 4 heterocycles. The SMILES string of the molecule is O=C(c1ccco1)N1CCN([C@H](c2coc3ccc(Cl)cc3c2=O)c2nnnn2C2CCCC2)CC1. The van der Waals surface area contributed by atoms with E-state index in [0.29, 0.717) is 59.3 Å². The minimum Gasteiger partial charge on any atom is -0.464 e. The third-order valence-corrected chi connectivity index (χ3v) is 7.42. The second kappa shape index (κ2) is 9.51. The summed E-state index contributed by atoms with van der Waals surface area (Å²) in [6.07, 6.45) is 7.25. The predicted molar refractivity (Wildman–Crippen MR) is 131 cm³/mol. The first-order chi connectivity index (χ1) is 17.6. The Morgan fingerprint density at radius 1 is 1.08 bits per heavy atom. The number of furan rings is 1. The van der Waals surface area contributed by atoms with Gasteiger partial charge in [-0.25, -0.2) is 4.68 Å². The number of amides is 1. The zero-order chi connectivity index (χ0) is 24.6. The molecule has 1 atom stereocenters. The van der Waals surface area contributed by atoms with Gasteiger partial charge in [-0.2, -0.15) is 0 Å². The molecule has 36 heavy (non-hydrogen) atoms. The van der Waals surface area contributed by atoms with Gasteiger partial charge in [0.2, 0.25) is 0 Å². The van der Waals surface area contributed by atoms with Crippen LogP contribution in [0.5, 0.6) is 0 Å². The average Bonchev–Trinajstić information content (AvgIpc) is 3.68. The smallest absolute Gasteiger partial charge is 0.289 e. The minimum absolute atomic E-state index is 0.146. The normalized spacial score (nSPS) is 18.2. The Bertz CT molecular complexity index is 1430. The van der Waals surface area contributed by atoms with E-state index in [1.165, 1.54) is 12.5 Å². The van der Waals surface area contributed by atoms with Crippen LogP contribution in [0.4, 0.5) is 0 Å². The first-order valence-corrected chi connectivity index (χ1v) is 12.5. The quantitative estimate of drug-likeness (QED) is 0.401. The minimum atomic E-state index is -0.527. The molecule has 0 unspecified atom stereocenters. The number of tetrazole rings is 1. The van der Waals surface area contributed by atoms with Gasteiger partial charge >= 0.3 is 0 Å². The van der Waals surface area contributed by atoms with Gasteiger partial charge in [0, 0.05) is 31.2 Å². The molecule has 0 spiro atoms. The zero-order valence-electron chi connectivity index (χ0n) is 19.5. The van der Waals surface area contributed by atoms with E-state index in [4.69, 9.17) is 20.4 Å². The lowest BCUT2D eigenvalue weighted by Crippen LogP contribution is -2.50. The van der Waals surface area contributed by atoms with Crippen molar-refractivity contribution < 1.29 is 13.6 Å². The number of benzene rings is 1. The molecule has 1 saturated carbocycles. The van der Waals surface area contributed by atoms with Crippen molar-refractivity contribution in [2.75, 3.05) is 26.2 Å². The summed E-state index contributed by atoms with van der Waals surface area (Å²) in [7, 11) is 0. The van der Waals surface area contributed by atoms with E-state index in [-0.39, 0.29) is 17.4 Å². The van der Waals surface area contributed by atoms with Crippen LogP contribution in [0.15, 0.2) is 56.5 Å². The molecule has 1 aromatic carbocycles. The van der Waals surface area contributed by atoms with Gasteiger partial charge < -0.3 is 13.7 Å². The molecule has 3 aromatic heterocycles. The van der Waals surface area contributed by atoms with Crippen LogP contribution in [0.25, 0.3) is 11.0 Å². The molecule has 0 bridgehead atoms. The van der Waals surface area contributed by atoms with Crippen molar-refractivity contribution in [3.63, 3.8) is 0 Å². The van der Waals surface area contributed by atoms with Crippen LogP contribution >= 0.6 is 11.6 Å². The zero-order valence-corrected chi connectivity index (χ0v) is 20.3. The van der Waals surface area contributed by atoms with E-state index in [9.17, 15) is 9.59 Å². The Hall–Kier alpha value is -3.50. The van der Waals surface area contributed by atoms with Gasteiger partial charge in [0.05, 0.1) is 23.3 Å². The van der Waals surface area contributed by atoms with Crippen LogP contribution in [0.3, 0.4) is 0 Å². The van der Waals surface area contributed by atoms with Crippen molar-refractivity contribution in [2.24, 2.45) is 0 Å². The first kappa shape index (κ1) is 22.9. The summed E-state index contributed by atoms with van der Waals surface area (Å²) in [6, 6.07) is 8.05. The number of hydrogen-bond donors (Lipinski definition) is 0. The highest BCUT2D eigenvalue weighted by Crippen LogP contribution is 2.34. The van der Waals surface area contributed by atoms with Crippen molar-refractivity contribution in [1.29, 1.82) is 0 Å². The van der Waals surface area contributed by atoms with Gasteiger partial charge in [-0.05, 0) is 53.6 Å². The van der Waals surface area contributed by atoms with Gasteiger partial charge in [-0.15, -0.1) is 5.10 Å². The largest absolute Gasteiger partial charge is 0.464 e. The maximum atomic E-state index is 13.7. The van der Waals surface area contributed by atoms with E-state index >= 15 is 0 Å². The average molecular weight is 509 g/mol. The highest BCUT2D eigenvalue weighted by molar-refractivity contribution is 6.31.